The van der Waals surface area contributed by atoms with E-state index < -0.39 is 16.0 Å². The molecule has 174 valence electrons. The number of carbonyl (C=O) groups is 2. The van der Waals surface area contributed by atoms with Crippen molar-refractivity contribution in [2.45, 2.75) is 11.8 Å². The second-order valence-electron chi connectivity index (χ2n) is 7.41. The summed E-state index contributed by atoms with van der Waals surface area (Å²) < 4.78 is 35.5. The van der Waals surface area contributed by atoms with E-state index in [-0.39, 0.29) is 33.9 Å². The Bertz CT molecular complexity index is 1320. The second-order valence-corrected chi connectivity index (χ2v) is 9.95. The number of carbonyl (C=O) groups excluding carboxylic acids is 2. The number of benzene rings is 3. The minimum Gasteiger partial charge on any atom is -0.492 e. The van der Waals surface area contributed by atoms with Crippen molar-refractivity contribution < 1.29 is 26.9 Å². The molecular formula is C25H21NO6S2. The molecule has 2 amide bonds. The SMILES string of the molecule is Cc1ccc(OCCN2C(=O)S/C(=C\c3ccc(OS(=O)(=O)c4ccccc4)cc3)C2=O)cc1. The van der Waals surface area contributed by atoms with Gasteiger partial charge in [-0.3, -0.25) is 14.5 Å². The zero-order chi connectivity index (χ0) is 24.1. The average molecular weight is 496 g/mol. The third-order valence-corrected chi connectivity index (χ3v) is 7.06. The van der Waals surface area contributed by atoms with Crippen molar-refractivity contribution in [3.63, 3.8) is 0 Å². The van der Waals surface area contributed by atoms with Gasteiger partial charge in [0.25, 0.3) is 11.1 Å². The van der Waals surface area contributed by atoms with Crippen molar-refractivity contribution in [3.05, 3.63) is 94.9 Å². The normalized spacial score (nSPS) is 15.1. The van der Waals surface area contributed by atoms with E-state index in [4.69, 9.17) is 8.92 Å². The molecule has 0 aromatic heterocycles. The van der Waals surface area contributed by atoms with Gasteiger partial charge in [0.1, 0.15) is 23.0 Å². The molecule has 0 saturated carbocycles. The first-order valence-electron chi connectivity index (χ1n) is 10.4. The van der Waals surface area contributed by atoms with E-state index in [1.54, 1.807) is 36.4 Å². The van der Waals surface area contributed by atoms with Gasteiger partial charge < -0.3 is 8.92 Å². The first-order valence-corrected chi connectivity index (χ1v) is 12.6. The standard InChI is InChI=1S/C25H21NO6S2/c1-18-7-11-20(12-8-18)31-16-15-26-24(27)23(33-25(26)28)17-19-9-13-21(14-10-19)32-34(29,30)22-5-3-2-4-6-22/h2-14,17H,15-16H2,1H3/b23-17-. The summed E-state index contributed by atoms with van der Waals surface area (Å²) >= 11 is 0.852. The molecule has 4 rings (SSSR count). The Labute approximate surface area is 202 Å². The molecule has 1 heterocycles. The molecular weight excluding hydrogens is 474 g/mol. The maximum Gasteiger partial charge on any atom is 0.339 e. The Morgan fingerprint density at radius 3 is 2.21 bits per heavy atom. The lowest BCUT2D eigenvalue weighted by atomic mass is 10.2. The zero-order valence-electron chi connectivity index (χ0n) is 18.2. The van der Waals surface area contributed by atoms with E-state index in [1.165, 1.54) is 24.3 Å². The average Bonchev–Trinajstić information content (AvgIpc) is 3.09. The van der Waals surface area contributed by atoms with Crippen LogP contribution in [-0.4, -0.2) is 37.6 Å². The van der Waals surface area contributed by atoms with Gasteiger partial charge in [-0.05, 0) is 66.7 Å². The lowest BCUT2D eigenvalue weighted by Gasteiger charge is -2.13. The van der Waals surface area contributed by atoms with Gasteiger partial charge in [-0.1, -0.05) is 48.0 Å². The molecule has 0 spiro atoms. The molecule has 1 aliphatic rings. The largest absolute Gasteiger partial charge is 0.492 e. The molecule has 1 saturated heterocycles. The Morgan fingerprint density at radius 1 is 0.882 bits per heavy atom. The quantitative estimate of drug-likeness (QED) is 0.325. The predicted molar refractivity (Wildman–Crippen MR) is 130 cm³/mol. The number of nitrogens with zero attached hydrogens (tertiary/aromatic N) is 1. The van der Waals surface area contributed by atoms with E-state index in [0.29, 0.717) is 11.3 Å². The molecule has 1 fully saturated rings. The van der Waals surface area contributed by atoms with Gasteiger partial charge >= 0.3 is 10.1 Å². The van der Waals surface area contributed by atoms with Crippen LogP contribution < -0.4 is 8.92 Å². The molecule has 3 aromatic rings. The number of thioether (sulfide) groups is 1. The van der Waals surface area contributed by atoms with Gasteiger partial charge in [-0.25, -0.2) is 0 Å². The molecule has 9 heteroatoms. The summed E-state index contributed by atoms with van der Waals surface area (Å²) in [5.41, 5.74) is 1.74. The Kier molecular flexibility index (Phi) is 7.04. The van der Waals surface area contributed by atoms with Crippen molar-refractivity contribution in [2.24, 2.45) is 0 Å². The van der Waals surface area contributed by atoms with Crippen molar-refractivity contribution in [1.29, 1.82) is 0 Å². The van der Waals surface area contributed by atoms with Crippen molar-refractivity contribution in [2.75, 3.05) is 13.2 Å². The summed E-state index contributed by atoms with van der Waals surface area (Å²) in [6.45, 7) is 2.31. The zero-order valence-corrected chi connectivity index (χ0v) is 19.8. The van der Waals surface area contributed by atoms with Crippen molar-refractivity contribution in [3.8, 4) is 11.5 Å². The van der Waals surface area contributed by atoms with Gasteiger partial charge in [0.05, 0.1) is 11.4 Å². The van der Waals surface area contributed by atoms with Crippen molar-refractivity contribution in [1.82, 2.24) is 4.90 Å². The fraction of sp³-hybridized carbons (Fsp3) is 0.120. The Balaban J connectivity index is 1.37. The Morgan fingerprint density at radius 2 is 1.53 bits per heavy atom. The summed E-state index contributed by atoms with van der Waals surface area (Å²) in [6, 6.07) is 21.6. The highest BCUT2D eigenvalue weighted by atomic mass is 32.2. The minimum atomic E-state index is -3.94. The summed E-state index contributed by atoms with van der Waals surface area (Å²) in [4.78, 5) is 26.5. The number of ether oxygens (including phenoxy) is 1. The van der Waals surface area contributed by atoms with Crippen LogP contribution in [0.15, 0.2) is 88.7 Å². The Hall–Kier alpha value is -3.56. The third kappa shape index (κ3) is 5.67. The lowest BCUT2D eigenvalue weighted by molar-refractivity contribution is -0.123. The smallest absolute Gasteiger partial charge is 0.339 e. The van der Waals surface area contributed by atoms with Crippen molar-refractivity contribution >= 4 is 39.1 Å². The molecule has 0 atom stereocenters. The van der Waals surface area contributed by atoms with E-state index in [1.807, 2.05) is 31.2 Å². The number of hydrogen-bond donors (Lipinski definition) is 0. The van der Waals surface area contributed by atoms with Gasteiger partial charge in [0.2, 0.25) is 0 Å². The number of imide groups is 1. The number of hydrogen-bond acceptors (Lipinski definition) is 7. The van der Waals surface area contributed by atoms with E-state index in [2.05, 4.69) is 0 Å². The van der Waals surface area contributed by atoms with E-state index in [9.17, 15) is 18.0 Å². The van der Waals surface area contributed by atoms with Crippen LogP contribution in [0, 0.1) is 6.92 Å². The van der Waals surface area contributed by atoms with Crippen LogP contribution >= 0.6 is 11.8 Å². The van der Waals surface area contributed by atoms with Crippen LogP contribution in [0.1, 0.15) is 11.1 Å². The third-order valence-electron chi connectivity index (χ3n) is 4.89. The first kappa shape index (κ1) is 23.6. The molecule has 34 heavy (non-hydrogen) atoms. The molecule has 0 radical (unpaired) electrons. The fourth-order valence-corrected chi connectivity index (χ4v) is 4.93. The number of aryl methyl sites for hydroxylation is 1. The highest BCUT2D eigenvalue weighted by molar-refractivity contribution is 8.18. The van der Waals surface area contributed by atoms with Crippen LogP contribution in [0.5, 0.6) is 11.5 Å². The molecule has 0 aliphatic carbocycles. The molecule has 0 bridgehead atoms. The van der Waals surface area contributed by atoms with Crippen LogP contribution in [-0.2, 0) is 14.9 Å². The predicted octanol–water partition coefficient (Wildman–Crippen LogP) is 4.88. The maximum atomic E-state index is 12.7. The molecule has 7 nitrogen and oxygen atoms in total. The molecule has 3 aromatic carbocycles. The summed E-state index contributed by atoms with van der Waals surface area (Å²) in [6.07, 6.45) is 1.58. The highest BCUT2D eigenvalue weighted by Gasteiger charge is 2.34. The first-order chi connectivity index (χ1) is 16.3. The molecule has 1 aliphatic heterocycles. The van der Waals surface area contributed by atoms with E-state index in [0.717, 1.165) is 22.2 Å². The van der Waals surface area contributed by atoms with Crippen LogP contribution in [0.25, 0.3) is 6.08 Å². The molecule has 0 N–H and O–H groups in total. The van der Waals surface area contributed by atoms with Gasteiger partial charge in [-0.2, -0.15) is 8.42 Å². The number of rotatable bonds is 8. The fourth-order valence-electron chi connectivity index (χ4n) is 3.11. The van der Waals surface area contributed by atoms with E-state index >= 15 is 0 Å². The summed E-state index contributed by atoms with van der Waals surface area (Å²) in [5, 5.41) is -0.363. The van der Waals surface area contributed by atoms with Gasteiger partial charge in [-0.15, -0.1) is 0 Å². The highest BCUT2D eigenvalue weighted by Crippen LogP contribution is 2.32. The van der Waals surface area contributed by atoms with Crippen LogP contribution in [0.2, 0.25) is 0 Å². The monoisotopic (exact) mass is 495 g/mol. The maximum absolute atomic E-state index is 12.7. The van der Waals surface area contributed by atoms with Gasteiger partial charge in [0, 0.05) is 0 Å². The second kappa shape index (κ2) is 10.1. The van der Waals surface area contributed by atoms with Gasteiger partial charge in [0.15, 0.2) is 0 Å². The minimum absolute atomic E-state index is 0.0547. The summed E-state index contributed by atoms with van der Waals surface area (Å²) in [5.74, 6) is 0.418. The lowest BCUT2D eigenvalue weighted by Crippen LogP contribution is -2.32. The topological polar surface area (TPSA) is 90.0 Å². The van der Waals surface area contributed by atoms with Crippen LogP contribution in [0.4, 0.5) is 4.79 Å². The molecule has 0 unspecified atom stereocenters. The van der Waals surface area contributed by atoms with Crippen LogP contribution in [0.3, 0.4) is 0 Å². The number of amides is 2. The summed E-state index contributed by atoms with van der Waals surface area (Å²) in [7, 11) is -3.94.